The van der Waals surface area contributed by atoms with Crippen molar-refractivity contribution < 1.29 is 22.7 Å². The maximum atomic E-state index is 13.0. The summed E-state index contributed by atoms with van der Waals surface area (Å²) >= 11 is 0. The third-order valence-electron chi connectivity index (χ3n) is 5.24. The monoisotopic (exact) mass is 409 g/mol. The van der Waals surface area contributed by atoms with E-state index >= 15 is 0 Å². The van der Waals surface area contributed by atoms with Crippen LogP contribution in [0.2, 0.25) is 0 Å². The van der Waals surface area contributed by atoms with Crippen molar-refractivity contribution in [3.05, 3.63) is 17.7 Å². The molecule has 0 bridgehead atoms. The fourth-order valence-electron chi connectivity index (χ4n) is 3.63. The van der Waals surface area contributed by atoms with E-state index in [1.807, 2.05) is 6.92 Å². The molecule has 1 saturated carbocycles. The number of carbonyl (C=O) groups excluding carboxylic acids is 2. The van der Waals surface area contributed by atoms with Gasteiger partial charge in [-0.25, -0.2) is 8.42 Å². The van der Waals surface area contributed by atoms with Gasteiger partial charge in [-0.15, -0.1) is 0 Å². The SMILES string of the molecule is CC[C@@H]1Oc2cc(S(=O)(=O)N(C)CC(=O)NC3CCCC3)c(C)cc2NC1=O. The molecular formula is C19H27N3O5S. The highest BCUT2D eigenvalue weighted by Crippen LogP contribution is 2.35. The minimum atomic E-state index is -3.89. The standard InChI is InChI=1S/C19H27N3O5S/c1-4-15-19(24)21-14-9-12(2)17(10-16(14)27-15)28(25,26)22(3)11-18(23)20-13-7-5-6-8-13/h9-10,13,15H,4-8,11H2,1-3H3,(H,20,23)(H,21,24)/t15-/m0/s1. The van der Waals surface area contributed by atoms with Gasteiger partial charge >= 0.3 is 0 Å². The molecule has 3 rings (SSSR count). The van der Waals surface area contributed by atoms with Crippen LogP contribution in [0, 0.1) is 6.92 Å². The lowest BCUT2D eigenvalue weighted by Gasteiger charge is -2.27. The Kier molecular flexibility index (Phi) is 5.95. The molecule has 1 aliphatic carbocycles. The molecule has 2 N–H and O–H groups in total. The number of nitrogens with one attached hydrogen (secondary N) is 2. The summed E-state index contributed by atoms with van der Waals surface area (Å²) in [5, 5.41) is 5.64. The van der Waals surface area contributed by atoms with Gasteiger partial charge in [0, 0.05) is 19.2 Å². The van der Waals surface area contributed by atoms with E-state index < -0.39 is 16.1 Å². The molecule has 28 heavy (non-hydrogen) atoms. The van der Waals surface area contributed by atoms with Gasteiger partial charge in [-0.3, -0.25) is 9.59 Å². The van der Waals surface area contributed by atoms with Gasteiger partial charge in [0.1, 0.15) is 5.75 Å². The molecule has 154 valence electrons. The molecule has 9 heteroatoms. The molecule has 0 unspecified atom stereocenters. The van der Waals surface area contributed by atoms with E-state index in [0.29, 0.717) is 23.4 Å². The molecule has 8 nitrogen and oxygen atoms in total. The van der Waals surface area contributed by atoms with Crippen LogP contribution in [0.1, 0.15) is 44.6 Å². The first kappa shape index (κ1) is 20.6. The second-order valence-electron chi connectivity index (χ2n) is 7.43. The molecule has 0 spiro atoms. The zero-order valence-electron chi connectivity index (χ0n) is 16.4. The molecule has 2 amide bonds. The number of likely N-dealkylation sites (N-methyl/N-ethyl adjacent to an activating group) is 1. The highest BCUT2D eigenvalue weighted by atomic mass is 32.2. The average Bonchev–Trinajstić information content (AvgIpc) is 3.13. The van der Waals surface area contributed by atoms with Gasteiger partial charge in [0.25, 0.3) is 5.91 Å². The smallest absolute Gasteiger partial charge is 0.265 e. The van der Waals surface area contributed by atoms with Crippen molar-refractivity contribution in [1.82, 2.24) is 9.62 Å². The Bertz CT molecular complexity index is 878. The van der Waals surface area contributed by atoms with Crippen molar-refractivity contribution in [1.29, 1.82) is 0 Å². The maximum Gasteiger partial charge on any atom is 0.265 e. The molecule has 2 aliphatic rings. The van der Waals surface area contributed by atoms with Crippen LogP contribution >= 0.6 is 0 Å². The topological polar surface area (TPSA) is 105 Å². The number of carbonyl (C=O) groups is 2. The molecule has 0 radical (unpaired) electrons. The Morgan fingerprint density at radius 1 is 1.32 bits per heavy atom. The summed E-state index contributed by atoms with van der Waals surface area (Å²) in [4.78, 5) is 24.2. The highest BCUT2D eigenvalue weighted by Gasteiger charge is 2.31. The summed E-state index contributed by atoms with van der Waals surface area (Å²) in [6.07, 6.45) is 3.87. The van der Waals surface area contributed by atoms with Crippen LogP contribution in [0.4, 0.5) is 5.69 Å². The first-order valence-electron chi connectivity index (χ1n) is 9.60. The molecule has 1 aromatic carbocycles. The minimum absolute atomic E-state index is 0.0634. The summed E-state index contributed by atoms with van der Waals surface area (Å²) in [7, 11) is -2.50. The van der Waals surface area contributed by atoms with Gasteiger partial charge in [-0.1, -0.05) is 19.8 Å². The first-order chi connectivity index (χ1) is 13.2. The van der Waals surface area contributed by atoms with Crippen molar-refractivity contribution in [2.24, 2.45) is 0 Å². The Hall–Kier alpha value is -2.13. The summed E-state index contributed by atoms with van der Waals surface area (Å²) in [5.41, 5.74) is 0.924. The number of anilines is 1. The van der Waals surface area contributed by atoms with Gasteiger partial charge in [-0.2, -0.15) is 4.31 Å². The lowest BCUT2D eigenvalue weighted by atomic mass is 10.1. The molecule has 0 saturated heterocycles. The van der Waals surface area contributed by atoms with E-state index in [1.165, 1.54) is 13.1 Å². The normalized spacial score (nSPS) is 19.9. The van der Waals surface area contributed by atoms with Crippen molar-refractivity contribution in [3.8, 4) is 5.75 Å². The largest absolute Gasteiger partial charge is 0.478 e. The van der Waals surface area contributed by atoms with Crippen LogP contribution in [-0.4, -0.2) is 50.3 Å². The third-order valence-corrected chi connectivity index (χ3v) is 7.19. The minimum Gasteiger partial charge on any atom is -0.478 e. The second kappa shape index (κ2) is 8.08. The van der Waals surface area contributed by atoms with Gasteiger partial charge in [-0.05, 0) is 37.8 Å². The van der Waals surface area contributed by atoms with Crippen LogP contribution < -0.4 is 15.4 Å². The van der Waals surface area contributed by atoms with E-state index in [9.17, 15) is 18.0 Å². The number of hydrogen-bond donors (Lipinski definition) is 2. The van der Waals surface area contributed by atoms with E-state index in [4.69, 9.17) is 4.74 Å². The molecule has 0 aromatic heterocycles. The number of benzene rings is 1. The van der Waals surface area contributed by atoms with Crippen LogP contribution in [0.5, 0.6) is 5.75 Å². The first-order valence-corrected chi connectivity index (χ1v) is 11.0. The predicted molar refractivity (Wildman–Crippen MR) is 105 cm³/mol. The van der Waals surface area contributed by atoms with Gasteiger partial charge in [0.05, 0.1) is 17.1 Å². The zero-order valence-corrected chi connectivity index (χ0v) is 17.3. The van der Waals surface area contributed by atoms with Gasteiger partial charge in [0.15, 0.2) is 6.10 Å². The van der Waals surface area contributed by atoms with Crippen LogP contribution in [0.3, 0.4) is 0 Å². The fourth-order valence-corrected chi connectivity index (χ4v) is 4.97. The van der Waals surface area contributed by atoms with Gasteiger partial charge in [0.2, 0.25) is 15.9 Å². The van der Waals surface area contributed by atoms with E-state index in [-0.39, 0.29) is 29.3 Å². The molecule has 1 aliphatic heterocycles. The van der Waals surface area contributed by atoms with Crippen LogP contribution in [-0.2, 0) is 19.6 Å². The quantitative estimate of drug-likeness (QED) is 0.745. The lowest BCUT2D eigenvalue weighted by Crippen LogP contribution is -2.42. The summed E-state index contributed by atoms with van der Waals surface area (Å²) in [5.74, 6) is -0.228. The van der Waals surface area contributed by atoms with Crippen LogP contribution in [0.15, 0.2) is 17.0 Å². The molecule has 1 fully saturated rings. The predicted octanol–water partition coefficient (Wildman–Crippen LogP) is 1.78. The molecule has 1 aromatic rings. The highest BCUT2D eigenvalue weighted by molar-refractivity contribution is 7.89. The van der Waals surface area contributed by atoms with Gasteiger partial charge < -0.3 is 15.4 Å². The number of amides is 2. The second-order valence-corrected chi connectivity index (χ2v) is 9.44. The molecule has 1 atom stereocenters. The average molecular weight is 410 g/mol. The molecule has 1 heterocycles. The van der Waals surface area contributed by atoms with Crippen molar-refractivity contribution in [2.45, 2.75) is 63.0 Å². The number of rotatable bonds is 6. The van der Waals surface area contributed by atoms with Crippen LogP contribution in [0.25, 0.3) is 0 Å². The van der Waals surface area contributed by atoms with Crippen molar-refractivity contribution >= 4 is 27.5 Å². The number of hydrogen-bond acceptors (Lipinski definition) is 5. The number of nitrogens with zero attached hydrogens (tertiary/aromatic N) is 1. The summed E-state index contributed by atoms with van der Waals surface area (Å²) in [6, 6.07) is 3.14. The number of sulfonamides is 1. The summed E-state index contributed by atoms with van der Waals surface area (Å²) < 4.78 is 32.8. The summed E-state index contributed by atoms with van der Waals surface area (Å²) in [6.45, 7) is 3.22. The Morgan fingerprint density at radius 2 is 2.00 bits per heavy atom. The number of fused-ring (bicyclic) bond motifs is 1. The fraction of sp³-hybridized carbons (Fsp3) is 0.579. The van der Waals surface area contributed by atoms with E-state index in [1.54, 1.807) is 13.0 Å². The lowest BCUT2D eigenvalue weighted by molar-refractivity contribution is -0.123. The number of aryl methyl sites for hydroxylation is 1. The Labute approximate surface area is 165 Å². The van der Waals surface area contributed by atoms with E-state index in [2.05, 4.69) is 10.6 Å². The number of ether oxygens (including phenoxy) is 1. The van der Waals surface area contributed by atoms with E-state index in [0.717, 1.165) is 30.0 Å². The Morgan fingerprint density at radius 3 is 2.64 bits per heavy atom. The zero-order chi connectivity index (χ0) is 20.5. The maximum absolute atomic E-state index is 13.0. The molecular weight excluding hydrogens is 382 g/mol. The van der Waals surface area contributed by atoms with Crippen molar-refractivity contribution in [3.63, 3.8) is 0 Å². The Balaban J connectivity index is 1.79. The van der Waals surface area contributed by atoms with Crippen molar-refractivity contribution in [2.75, 3.05) is 18.9 Å². The third kappa shape index (κ3) is 4.15.